The lowest BCUT2D eigenvalue weighted by Crippen LogP contribution is -2.56. The fourth-order valence-electron chi connectivity index (χ4n) is 5.40. The Kier molecular flexibility index (Phi) is 7.51. The first-order valence-corrected chi connectivity index (χ1v) is 12.7. The highest BCUT2D eigenvalue weighted by atomic mass is 19.1. The van der Waals surface area contributed by atoms with Crippen LogP contribution in [0.4, 0.5) is 15.8 Å². The molecule has 38 heavy (non-hydrogen) atoms. The standard InChI is InChI=1S/C31H33FN2O4/c1-17-9-6-13-23(19(17)3)33-29(36)27-25(35)16-31(5,38)28(26(27)21-11-8-12-22(32)15-21)30(37)34-24-14-7-10-18(2)20(24)4/h6-15,26-28,38H,16H2,1-5H3,(H,33,36)(H,34,37). The summed E-state index contributed by atoms with van der Waals surface area (Å²) in [7, 11) is 0. The minimum Gasteiger partial charge on any atom is -0.389 e. The minimum atomic E-state index is -1.77. The van der Waals surface area contributed by atoms with Crippen LogP contribution in [0.5, 0.6) is 0 Å². The highest BCUT2D eigenvalue weighted by Gasteiger charge is 2.56. The molecule has 198 valence electrons. The number of anilines is 2. The van der Waals surface area contributed by atoms with E-state index < -0.39 is 53.2 Å². The summed E-state index contributed by atoms with van der Waals surface area (Å²) >= 11 is 0. The van der Waals surface area contributed by atoms with Crippen LogP contribution in [0.15, 0.2) is 60.7 Å². The molecule has 0 heterocycles. The molecule has 3 aromatic carbocycles. The molecule has 7 heteroatoms. The van der Waals surface area contributed by atoms with Crippen molar-refractivity contribution in [2.45, 2.75) is 52.6 Å². The number of Topliss-reactive ketones (excluding diaryl/α,β-unsaturated/α-hetero) is 1. The zero-order valence-electron chi connectivity index (χ0n) is 22.3. The van der Waals surface area contributed by atoms with Crippen molar-refractivity contribution >= 4 is 29.0 Å². The van der Waals surface area contributed by atoms with Gasteiger partial charge in [-0.25, -0.2) is 4.39 Å². The van der Waals surface area contributed by atoms with Crippen LogP contribution < -0.4 is 10.6 Å². The van der Waals surface area contributed by atoms with Crippen molar-refractivity contribution in [3.8, 4) is 0 Å². The Labute approximate surface area is 222 Å². The smallest absolute Gasteiger partial charge is 0.235 e. The van der Waals surface area contributed by atoms with Crippen LogP contribution in [0.1, 0.15) is 47.1 Å². The van der Waals surface area contributed by atoms with E-state index in [0.29, 0.717) is 16.9 Å². The molecule has 0 saturated heterocycles. The molecule has 1 saturated carbocycles. The summed E-state index contributed by atoms with van der Waals surface area (Å²) in [4.78, 5) is 41.0. The third-order valence-corrected chi connectivity index (χ3v) is 7.79. The first-order chi connectivity index (χ1) is 17.9. The van der Waals surface area contributed by atoms with Crippen molar-refractivity contribution < 1.29 is 23.9 Å². The van der Waals surface area contributed by atoms with Gasteiger partial charge in [0.05, 0.1) is 11.5 Å². The number of aliphatic hydroxyl groups is 1. The summed E-state index contributed by atoms with van der Waals surface area (Å²) in [5.74, 6) is -5.85. The lowest BCUT2D eigenvalue weighted by molar-refractivity contribution is -0.150. The average Bonchev–Trinajstić information content (AvgIpc) is 2.83. The van der Waals surface area contributed by atoms with Crippen LogP contribution in [-0.4, -0.2) is 28.3 Å². The zero-order valence-corrected chi connectivity index (χ0v) is 22.3. The van der Waals surface area contributed by atoms with Crippen molar-refractivity contribution in [1.82, 2.24) is 0 Å². The van der Waals surface area contributed by atoms with E-state index in [1.807, 2.05) is 45.9 Å². The van der Waals surface area contributed by atoms with Crippen molar-refractivity contribution in [1.29, 1.82) is 0 Å². The second-order valence-electron chi connectivity index (χ2n) is 10.5. The zero-order chi connectivity index (χ0) is 27.8. The van der Waals surface area contributed by atoms with Crippen LogP contribution in [-0.2, 0) is 14.4 Å². The van der Waals surface area contributed by atoms with Gasteiger partial charge < -0.3 is 15.7 Å². The first kappa shape index (κ1) is 27.2. The third-order valence-electron chi connectivity index (χ3n) is 7.79. The van der Waals surface area contributed by atoms with Gasteiger partial charge in [-0.15, -0.1) is 0 Å². The van der Waals surface area contributed by atoms with Crippen molar-refractivity contribution in [3.63, 3.8) is 0 Å². The SMILES string of the molecule is Cc1cccc(NC(=O)C2C(=O)CC(C)(O)C(C(=O)Nc3cccc(C)c3C)C2c2cccc(F)c2)c1C. The predicted octanol–water partition coefficient (Wildman–Crippen LogP) is 5.38. The van der Waals surface area contributed by atoms with Gasteiger partial charge in [-0.2, -0.15) is 0 Å². The molecule has 0 radical (unpaired) electrons. The Hall–Kier alpha value is -3.84. The van der Waals surface area contributed by atoms with E-state index >= 15 is 0 Å². The van der Waals surface area contributed by atoms with E-state index in [1.54, 1.807) is 24.3 Å². The molecule has 0 aromatic heterocycles. The van der Waals surface area contributed by atoms with Crippen LogP contribution in [0.3, 0.4) is 0 Å². The van der Waals surface area contributed by atoms with E-state index in [4.69, 9.17) is 0 Å². The number of carbonyl (C=O) groups is 3. The highest BCUT2D eigenvalue weighted by Crippen LogP contribution is 2.47. The van der Waals surface area contributed by atoms with E-state index in [0.717, 1.165) is 22.3 Å². The Morgan fingerprint density at radius 2 is 1.39 bits per heavy atom. The lowest BCUT2D eigenvalue weighted by atomic mass is 9.61. The largest absolute Gasteiger partial charge is 0.389 e. The number of halogens is 1. The third kappa shape index (κ3) is 5.24. The fraction of sp³-hybridized carbons (Fsp3) is 0.323. The number of hydrogen-bond acceptors (Lipinski definition) is 4. The number of benzene rings is 3. The molecule has 6 nitrogen and oxygen atoms in total. The number of rotatable bonds is 5. The number of hydrogen-bond donors (Lipinski definition) is 3. The van der Waals surface area contributed by atoms with Crippen molar-refractivity contribution in [3.05, 3.63) is 94.3 Å². The van der Waals surface area contributed by atoms with Gasteiger partial charge >= 0.3 is 0 Å². The lowest BCUT2D eigenvalue weighted by Gasteiger charge is -2.44. The number of ketones is 1. The Bertz CT molecular complexity index is 1410. The average molecular weight is 517 g/mol. The van der Waals surface area contributed by atoms with Crippen molar-refractivity contribution in [2.75, 3.05) is 10.6 Å². The summed E-state index contributed by atoms with van der Waals surface area (Å²) in [5.41, 5.74) is 3.29. The maximum Gasteiger partial charge on any atom is 0.235 e. The van der Waals surface area contributed by atoms with Gasteiger partial charge in [0.2, 0.25) is 11.8 Å². The van der Waals surface area contributed by atoms with Crippen LogP contribution in [0.25, 0.3) is 0 Å². The van der Waals surface area contributed by atoms with Gasteiger partial charge in [0.15, 0.2) is 0 Å². The second-order valence-corrected chi connectivity index (χ2v) is 10.5. The summed E-state index contributed by atoms with van der Waals surface area (Å²) in [5, 5.41) is 17.2. The van der Waals surface area contributed by atoms with Gasteiger partial charge in [0, 0.05) is 23.7 Å². The van der Waals surface area contributed by atoms with Crippen LogP contribution >= 0.6 is 0 Å². The van der Waals surface area contributed by atoms with E-state index in [9.17, 15) is 23.9 Å². The van der Waals surface area contributed by atoms with Gasteiger partial charge in [0.25, 0.3) is 0 Å². The number of carbonyl (C=O) groups excluding carboxylic acids is 3. The number of aryl methyl sites for hydroxylation is 2. The molecular formula is C31H33FN2O4. The first-order valence-electron chi connectivity index (χ1n) is 12.7. The molecule has 4 unspecified atom stereocenters. The number of nitrogens with one attached hydrogen (secondary N) is 2. The maximum atomic E-state index is 14.4. The van der Waals surface area contributed by atoms with Gasteiger partial charge in [-0.05, 0) is 86.7 Å². The molecule has 4 atom stereocenters. The monoisotopic (exact) mass is 516 g/mol. The van der Waals surface area contributed by atoms with Gasteiger partial charge in [-0.3, -0.25) is 14.4 Å². The minimum absolute atomic E-state index is 0.292. The molecule has 0 aliphatic heterocycles. The molecule has 2 amide bonds. The van der Waals surface area contributed by atoms with Gasteiger partial charge in [0.1, 0.15) is 17.5 Å². The highest BCUT2D eigenvalue weighted by molar-refractivity contribution is 6.10. The van der Waals surface area contributed by atoms with E-state index in [-0.39, 0.29) is 0 Å². The Morgan fingerprint density at radius 3 is 1.95 bits per heavy atom. The van der Waals surface area contributed by atoms with E-state index in [1.165, 1.54) is 25.1 Å². The Morgan fingerprint density at radius 1 is 0.868 bits per heavy atom. The summed E-state index contributed by atoms with van der Waals surface area (Å²) in [6, 6.07) is 16.5. The molecule has 1 aliphatic rings. The maximum absolute atomic E-state index is 14.4. The molecule has 1 aliphatic carbocycles. The normalized spacial score (nSPS) is 23.1. The molecule has 4 rings (SSSR count). The second kappa shape index (κ2) is 10.5. The molecule has 3 aromatic rings. The molecule has 0 spiro atoms. The molecule has 1 fully saturated rings. The molecule has 0 bridgehead atoms. The summed E-state index contributed by atoms with van der Waals surface area (Å²) < 4.78 is 14.4. The van der Waals surface area contributed by atoms with Gasteiger partial charge in [-0.1, -0.05) is 36.4 Å². The summed E-state index contributed by atoms with van der Waals surface area (Å²) in [6.45, 7) is 8.99. The van der Waals surface area contributed by atoms with Crippen molar-refractivity contribution in [2.24, 2.45) is 11.8 Å². The number of amides is 2. The fourth-order valence-corrected chi connectivity index (χ4v) is 5.40. The molecule has 3 N–H and O–H groups in total. The van der Waals surface area contributed by atoms with Crippen LogP contribution in [0, 0.1) is 45.3 Å². The topological polar surface area (TPSA) is 95.5 Å². The summed E-state index contributed by atoms with van der Waals surface area (Å²) in [6.07, 6.45) is -0.394. The predicted molar refractivity (Wildman–Crippen MR) is 145 cm³/mol. The molecular weight excluding hydrogens is 483 g/mol. The van der Waals surface area contributed by atoms with E-state index in [2.05, 4.69) is 10.6 Å². The van der Waals surface area contributed by atoms with Crippen LogP contribution in [0.2, 0.25) is 0 Å². The quantitative estimate of drug-likeness (QED) is 0.397. The Balaban J connectivity index is 1.80.